The average molecular weight is 631 g/mol. The molecule has 9 nitrogen and oxygen atoms in total. The summed E-state index contributed by atoms with van der Waals surface area (Å²) in [7, 11) is 10.2. The van der Waals surface area contributed by atoms with Gasteiger partial charge in [-0.1, -0.05) is 0 Å². The molecule has 0 saturated carbocycles. The van der Waals surface area contributed by atoms with E-state index >= 15 is 0 Å². The van der Waals surface area contributed by atoms with Gasteiger partial charge in [0.1, 0.15) is 47.6 Å². The van der Waals surface area contributed by atoms with Crippen molar-refractivity contribution in [2.45, 2.75) is 38.5 Å². The summed E-state index contributed by atoms with van der Waals surface area (Å²) in [6, 6.07) is 8.44. The Balaban J connectivity index is 1.70. The van der Waals surface area contributed by atoms with Crippen LogP contribution in [0.15, 0.2) is 53.5 Å². The Hall–Kier alpha value is -4.27. The van der Waals surface area contributed by atoms with E-state index in [-0.39, 0.29) is 0 Å². The van der Waals surface area contributed by atoms with Gasteiger partial charge in [-0.2, -0.15) is 0 Å². The minimum absolute atomic E-state index is 0.678. The number of benzene rings is 2. The molecule has 0 atom stereocenters. The molecule has 0 aromatic heterocycles. The molecule has 9 heteroatoms. The molecule has 0 unspecified atom stereocenters. The van der Waals surface area contributed by atoms with Crippen LogP contribution in [0.2, 0.25) is 0 Å². The van der Waals surface area contributed by atoms with E-state index in [1.165, 1.54) is 38.5 Å². The van der Waals surface area contributed by atoms with Crippen molar-refractivity contribution in [1.82, 2.24) is 0 Å². The van der Waals surface area contributed by atoms with Crippen LogP contribution in [0.25, 0.3) is 5.57 Å². The average Bonchev–Trinajstić information content (AvgIpc) is 3.92. The number of anilines is 2. The first kappa shape index (κ1) is 31.7. The van der Waals surface area contributed by atoms with E-state index in [0.717, 1.165) is 78.6 Å². The van der Waals surface area contributed by atoms with Crippen LogP contribution >= 0.6 is 0 Å². The van der Waals surface area contributed by atoms with Crippen LogP contribution in [0.1, 0.15) is 49.7 Å². The molecular formula is C37H48N3O6+. The molecule has 0 spiro atoms. The second-order valence-electron chi connectivity index (χ2n) is 12.1. The predicted octanol–water partition coefficient (Wildman–Crippen LogP) is 6.04. The van der Waals surface area contributed by atoms with Crippen LogP contribution in [0.5, 0.6) is 23.0 Å². The Kier molecular flexibility index (Phi) is 9.66. The van der Waals surface area contributed by atoms with Crippen molar-refractivity contribution in [3.8, 4) is 23.0 Å². The summed E-state index contributed by atoms with van der Waals surface area (Å²) in [4.78, 5) is 4.76. The third kappa shape index (κ3) is 5.87. The van der Waals surface area contributed by atoms with Crippen LogP contribution in [-0.4, -0.2) is 92.2 Å². The molecule has 2 aromatic carbocycles. The van der Waals surface area contributed by atoms with Gasteiger partial charge in [-0.3, -0.25) is 0 Å². The Bertz CT molecular complexity index is 1420. The molecule has 3 fully saturated rings. The summed E-state index contributed by atoms with van der Waals surface area (Å²) in [5.41, 5.74) is 6.30. The zero-order valence-corrected chi connectivity index (χ0v) is 28.2. The fourth-order valence-corrected chi connectivity index (χ4v) is 7.28. The van der Waals surface area contributed by atoms with Gasteiger partial charge in [0, 0.05) is 80.2 Å². The summed E-state index contributed by atoms with van der Waals surface area (Å²) in [5.74, 6) is 4.07. The lowest BCUT2D eigenvalue weighted by atomic mass is 9.86. The van der Waals surface area contributed by atoms with Gasteiger partial charge in [-0.25, -0.2) is 4.58 Å². The van der Waals surface area contributed by atoms with Gasteiger partial charge in [-0.15, -0.1) is 0 Å². The number of rotatable bonds is 10. The van der Waals surface area contributed by atoms with Crippen LogP contribution < -0.4 is 28.7 Å². The normalized spacial score (nSPS) is 18.1. The van der Waals surface area contributed by atoms with Crippen LogP contribution in [-0.2, 0) is 9.47 Å². The topological polar surface area (TPSA) is 64.9 Å². The van der Waals surface area contributed by atoms with E-state index in [0.29, 0.717) is 34.5 Å². The maximum absolute atomic E-state index is 6.21. The van der Waals surface area contributed by atoms with Gasteiger partial charge in [0.15, 0.2) is 0 Å². The second-order valence-corrected chi connectivity index (χ2v) is 12.1. The zero-order valence-electron chi connectivity index (χ0n) is 28.2. The molecule has 3 saturated heterocycles. The Morgan fingerprint density at radius 1 is 0.522 bits per heavy atom. The number of hydrogen-bond donors (Lipinski definition) is 0. The molecule has 0 amide bonds. The molecule has 4 aliphatic rings. The molecule has 0 N–H and O–H groups in total. The third-order valence-corrected chi connectivity index (χ3v) is 9.64. The molecule has 1 aliphatic carbocycles. The number of methoxy groups -OCH3 is 6. The van der Waals surface area contributed by atoms with E-state index < -0.39 is 0 Å². The Morgan fingerprint density at radius 2 is 0.891 bits per heavy atom. The Morgan fingerprint density at radius 3 is 1.22 bits per heavy atom. The van der Waals surface area contributed by atoms with E-state index in [9.17, 15) is 0 Å². The lowest BCUT2D eigenvalue weighted by Crippen LogP contribution is -2.21. The van der Waals surface area contributed by atoms with Crippen molar-refractivity contribution in [3.05, 3.63) is 64.6 Å². The SMILES string of the molecule is COC1=CC(=[N+]2CCCC2)C=C(OC)C1=C(c1c(OC)cc(N2CCCC2)cc1OC)c1c(OC)cc(N2CCCC2)cc1OC. The van der Waals surface area contributed by atoms with Crippen molar-refractivity contribution in [3.63, 3.8) is 0 Å². The maximum Gasteiger partial charge on any atom is 0.207 e. The highest BCUT2D eigenvalue weighted by atomic mass is 16.5. The highest BCUT2D eigenvalue weighted by Gasteiger charge is 2.35. The van der Waals surface area contributed by atoms with Gasteiger partial charge in [0.2, 0.25) is 5.71 Å². The van der Waals surface area contributed by atoms with E-state index in [1.807, 2.05) is 0 Å². The second kappa shape index (κ2) is 14.0. The lowest BCUT2D eigenvalue weighted by Gasteiger charge is -2.28. The molecule has 0 radical (unpaired) electrons. The lowest BCUT2D eigenvalue weighted by molar-refractivity contribution is -0.504. The van der Waals surface area contributed by atoms with E-state index in [1.54, 1.807) is 42.7 Å². The van der Waals surface area contributed by atoms with Crippen LogP contribution in [0, 0.1) is 0 Å². The van der Waals surface area contributed by atoms with Crippen molar-refractivity contribution < 1.29 is 33.0 Å². The summed E-state index contributed by atoms with van der Waals surface area (Å²) in [5, 5.41) is 0. The highest BCUT2D eigenvalue weighted by Crippen LogP contribution is 2.52. The molecule has 46 heavy (non-hydrogen) atoms. The molecule has 246 valence electrons. The third-order valence-electron chi connectivity index (χ3n) is 9.64. The van der Waals surface area contributed by atoms with Crippen molar-refractivity contribution in [2.24, 2.45) is 0 Å². The smallest absolute Gasteiger partial charge is 0.207 e. The number of hydrogen-bond acceptors (Lipinski definition) is 8. The van der Waals surface area contributed by atoms with Crippen LogP contribution in [0.4, 0.5) is 11.4 Å². The van der Waals surface area contributed by atoms with Crippen molar-refractivity contribution >= 4 is 22.7 Å². The minimum atomic E-state index is 0.678. The molecule has 3 heterocycles. The fourth-order valence-electron chi connectivity index (χ4n) is 7.28. The van der Waals surface area contributed by atoms with Gasteiger partial charge < -0.3 is 38.2 Å². The highest BCUT2D eigenvalue weighted by molar-refractivity contribution is 6.07. The summed E-state index contributed by atoms with van der Waals surface area (Å²) in [6.45, 7) is 6.01. The zero-order chi connectivity index (χ0) is 32.2. The number of allylic oxidation sites excluding steroid dienone is 2. The first-order valence-electron chi connectivity index (χ1n) is 16.5. The van der Waals surface area contributed by atoms with E-state index in [2.05, 4.69) is 50.8 Å². The molecule has 6 rings (SSSR count). The summed E-state index contributed by atoms with van der Waals surface area (Å²) >= 11 is 0. The van der Waals surface area contributed by atoms with Crippen molar-refractivity contribution in [2.75, 3.05) is 91.7 Å². The molecule has 3 aliphatic heterocycles. The maximum atomic E-state index is 6.21. The van der Waals surface area contributed by atoms with Crippen molar-refractivity contribution in [1.29, 1.82) is 0 Å². The Labute approximate surface area is 273 Å². The first-order chi connectivity index (χ1) is 22.5. The van der Waals surface area contributed by atoms with Crippen LogP contribution in [0.3, 0.4) is 0 Å². The van der Waals surface area contributed by atoms with Gasteiger partial charge >= 0.3 is 0 Å². The summed E-state index contributed by atoms with van der Waals surface area (Å²) < 4.78 is 39.6. The largest absolute Gasteiger partial charge is 0.496 e. The fraction of sp³-hybridized carbons (Fsp3) is 0.486. The van der Waals surface area contributed by atoms with E-state index in [4.69, 9.17) is 28.4 Å². The number of nitrogens with zero attached hydrogens (tertiary/aromatic N) is 3. The quantitative estimate of drug-likeness (QED) is 0.295. The standard InChI is InChI=1S/C37H48N3O6/c1-41-28-19-25(38-13-7-8-14-38)20-29(42-2)34(28)37(35-30(43-3)21-26(22-31(35)44-4)39-15-9-10-16-39)36-32(45-5)23-27(24-33(36)46-6)40-17-11-12-18-40/h19-24H,7-18H2,1-6H3/q+1. The predicted molar refractivity (Wildman–Crippen MR) is 182 cm³/mol. The first-order valence-corrected chi connectivity index (χ1v) is 16.5. The minimum Gasteiger partial charge on any atom is -0.496 e. The van der Waals surface area contributed by atoms with Gasteiger partial charge in [0.25, 0.3) is 0 Å². The van der Waals surface area contributed by atoms with Gasteiger partial charge in [-0.05, 0) is 25.7 Å². The molecule has 2 aromatic rings. The molecular weight excluding hydrogens is 582 g/mol. The monoisotopic (exact) mass is 630 g/mol. The van der Waals surface area contributed by atoms with Gasteiger partial charge in [0.05, 0.1) is 71.5 Å². The number of ether oxygens (including phenoxy) is 6. The molecule has 0 bridgehead atoms. The summed E-state index contributed by atoms with van der Waals surface area (Å²) in [6.07, 6.45) is 11.2.